The van der Waals surface area contributed by atoms with Gasteiger partial charge in [0.05, 0.1) is 0 Å². The lowest BCUT2D eigenvalue weighted by molar-refractivity contribution is -0.467. The van der Waals surface area contributed by atoms with Crippen LogP contribution < -0.4 is 0 Å². The molecule has 0 aliphatic carbocycles. The van der Waals surface area contributed by atoms with Crippen LogP contribution >= 0.6 is 0 Å². The molecular formula is C15H32O6. The largest absolute Gasteiger partial charge is 0.353 e. The molecule has 0 heterocycles. The first kappa shape index (κ1) is 20.8. The molecule has 0 saturated heterocycles. The number of ether oxygens (including phenoxy) is 6. The molecule has 3 atom stereocenters. The minimum Gasteiger partial charge on any atom is -0.353 e. The van der Waals surface area contributed by atoms with Gasteiger partial charge in [0.15, 0.2) is 18.9 Å². The van der Waals surface area contributed by atoms with Gasteiger partial charge in [-0.2, -0.15) is 0 Å². The van der Waals surface area contributed by atoms with Crippen molar-refractivity contribution in [1.82, 2.24) is 0 Å². The zero-order valence-corrected chi connectivity index (χ0v) is 14.5. The summed E-state index contributed by atoms with van der Waals surface area (Å²) in [4.78, 5) is 0. The Kier molecular flexibility index (Phi) is 11.2. The maximum absolute atomic E-state index is 5.83. The van der Waals surface area contributed by atoms with E-state index in [1.165, 1.54) is 0 Å². The Labute approximate surface area is 129 Å². The normalized spacial score (nSPS) is 19.0. The fourth-order valence-electron chi connectivity index (χ4n) is 1.90. The van der Waals surface area contributed by atoms with Crippen molar-refractivity contribution in [3.05, 3.63) is 0 Å². The zero-order valence-electron chi connectivity index (χ0n) is 14.5. The van der Waals surface area contributed by atoms with Gasteiger partial charge in [0, 0.05) is 26.2 Å². The maximum atomic E-state index is 5.83. The van der Waals surface area contributed by atoms with Gasteiger partial charge in [-0.15, -0.1) is 0 Å². The molecule has 0 N–H and O–H groups in total. The molecule has 0 aliphatic rings. The van der Waals surface area contributed by atoms with Gasteiger partial charge in [-0.3, -0.25) is 14.2 Å². The lowest BCUT2D eigenvalue weighted by Crippen LogP contribution is -2.47. The van der Waals surface area contributed by atoms with E-state index < -0.39 is 24.8 Å². The van der Waals surface area contributed by atoms with Gasteiger partial charge < -0.3 is 14.2 Å². The van der Waals surface area contributed by atoms with E-state index in [9.17, 15) is 0 Å². The molecule has 0 saturated carbocycles. The van der Waals surface area contributed by atoms with Gasteiger partial charge in [0.25, 0.3) is 5.97 Å². The third-order valence-electron chi connectivity index (χ3n) is 2.67. The Balaban J connectivity index is 4.89. The Hall–Kier alpha value is -0.240. The monoisotopic (exact) mass is 308 g/mol. The van der Waals surface area contributed by atoms with Gasteiger partial charge in [0.1, 0.15) is 0 Å². The SMILES string of the molecule is CCOC(C)OC(CC)(OC(C)OCC)OC(C)OCC. The van der Waals surface area contributed by atoms with Crippen LogP contribution in [-0.2, 0) is 28.4 Å². The first-order valence-corrected chi connectivity index (χ1v) is 7.81. The summed E-state index contributed by atoms with van der Waals surface area (Å²) in [6, 6.07) is 0. The minimum atomic E-state index is -1.27. The van der Waals surface area contributed by atoms with E-state index in [0.29, 0.717) is 26.2 Å². The van der Waals surface area contributed by atoms with Crippen molar-refractivity contribution in [1.29, 1.82) is 0 Å². The van der Waals surface area contributed by atoms with Crippen molar-refractivity contribution in [2.45, 2.75) is 79.7 Å². The fraction of sp³-hybridized carbons (Fsp3) is 1.00. The molecule has 6 heteroatoms. The molecule has 0 fully saturated rings. The Morgan fingerprint density at radius 2 is 0.905 bits per heavy atom. The first-order chi connectivity index (χ1) is 9.92. The van der Waals surface area contributed by atoms with E-state index in [2.05, 4.69) is 0 Å². The van der Waals surface area contributed by atoms with E-state index in [-0.39, 0.29) is 0 Å². The van der Waals surface area contributed by atoms with Crippen LogP contribution in [0.15, 0.2) is 0 Å². The molecule has 0 aromatic carbocycles. The van der Waals surface area contributed by atoms with Gasteiger partial charge >= 0.3 is 0 Å². The van der Waals surface area contributed by atoms with Crippen LogP contribution in [0.2, 0.25) is 0 Å². The fourth-order valence-corrected chi connectivity index (χ4v) is 1.90. The molecule has 0 radical (unpaired) electrons. The Morgan fingerprint density at radius 3 is 1.10 bits per heavy atom. The first-order valence-electron chi connectivity index (χ1n) is 7.81. The molecule has 0 amide bonds. The van der Waals surface area contributed by atoms with Crippen molar-refractivity contribution in [3.8, 4) is 0 Å². The van der Waals surface area contributed by atoms with Gasteiger partial charge in [-0.1, -0.05) is 6.92 Å². The molecule has 0 aromatic heterocycles. The van der Waals surface area contributed by atoms with E-state index in [4.69, 9.17) is 28.4 Å². The van der Waals surface area contributed by atoms with Gasteiger partial charge in [-0.25, -0.2) is 0 Å². The highest BCUT2D eigenvalue weighted by molar-refractivity contribution is 4.58. The topological polar surface area (TPSA) is 55.4 Å². The Morgan fingerprint density at radius 1 is 0.619 bits per heavy atom. The average molecular weight is 308 g/mol. The number of hydrogen-bond donors (Lipinski definition) is 0. The molecule has 0 spiro atoms. The predicted molar refractivity (Wildman–Crippen MR) is 79.5 cm³/mol. The summed E-state index contributed by atoms with van der Waals surface area (Å²) in [5.41, 5.74) is 0. The van der Waals surface area contributed by atoms with Crippen molar-refractivity contribution in [2.24, 2.45) is 0 Å². The van der Waals surface area contributed by atoms with Crippen LogP contribution in [0, 0.1) is 0 Å². The van der Waals surface area contributed by atoms with E-state index in [0.717, 1.165) is 0 Å². The molecular weight excluding hydrogens is 276 g/mol. The standard InChI is InChI=1S/C15H32O6/c1-8-15(19-12(5)16-9-2,20-13(6)17-10-3)21-14(7)18-11-4/h12-14H,8-11H2,1-7H3. The van der Waals surface area contributed by atoms with E-state index in [1.807, 2.05) is 27.7 Å². The molecule has 0 aliphatic heterocycles. The maximum Gasteiger partial charge on any atom is 0.289 e. The second-order valence-corrected chi connectivity index (χ2v) is 4.46. The third kappa shape index (κ3) is 8.70. The second kappa shape index (κ2) is 11.3. The second-order valence-electron chi connectivity index (χ2n) is 4.46. The minimum absolute atomic E-state index is 0.461. The summed E-state index contributed by atoms with van der Waals surface area (Å²) in [6.45, 7) is 14.7. The summed E-state index contributed by atoms with van der Waals surface area (Å²) < 4.78 is 33.8. The number of rotatable bonds is 13. The van der Waals surface area contributed by atoms with Crippen LogP contribution in [0.1, 0.15) is 54.9 Å². The van der Waals surface area contributed by atoms with Crippen LogP contribution in [0.4, 0.5) is 0 Å². The van der Waals surface area contributed by atoms with E-state index >= 15 is 0 Å². The van der Waals surface area contributed by atoms with Crippen molar-refractivity contribution in [3.63, 3.8) is 0 Å². The summed E-state index contributed by atoms with van der Waals surface area (Å²) in [5, 5.41) is 0. The van der Waals surface area contributed by atoms with Crippen LogP contribution in [-0.4, -0.2) is 44.7 Å². The van der Waals surface area contributed by atoms with Crippen LogP contribution in [0.3, 0.4) is 0 Å². The Bertz CT molecular complexity index is 212. The third-order valence-corrected chi connectivity index (χ3v) is 2.67. The molecule has 3 unspecified atom stereocenters. The smallest absolute Gasteiger partial charge is 0.289 e. The van der Waals surface area contributed by atoms with Crippen LogP contribution in [0.25, 0.3) is 0 Å². The summed E-state index contributed by atoms with van der Waals surface area (Å²) >= 11 is 0. The summed E-state index contributed by atoms with van der Waals surface area (Å²) in [7, 11) is 0. The zero-order chi connectivity index (χ0) is 16.3. The van der Waals surface area contributed by atoms with Crippen LogP contribution in [0.5, 0.6) is 0 Å². The molecule has 128 valence electrons. The lowest BCUT2D eigenvalue weighted by Gasteiger charge is -2.37. The molecule has 0 rings (SSSR count). The van der Waals surface area contributed by atoms with Gasteiger partial charge in [-0.05, 0) is 41.5 Å². The molecule has 0 aromatic rings. The predicted octanol–water partition coefficient (Wildman–Crippen LogP) is 3.25. The molecule has 6 nitrogen and oxygen atoms in total. The highest BCUT2D eigenvalue weighted by Crippen LogP contribution is 2.26. The average Bonchev–Trinajstić information content (AvgIpc) is 2.39. The van der Waals surface area contributed by atoms with Gasteiger partial charge in [0.2, 0.25) is 0 Å². The van der Waals surface area contributed by atoms with Crippen molar-refractivity contribution in [2.75, 3.05) is 19.8 Å². The van der Waals surface area contributed by atoms with Crippen molar-refractivity contribution >= 4 is 0 Å². The molecule has 21 heavy (non-hydrogen) atoms. The summed E-state index contributed by atoms with van der Waals surface area (Å²) in [5.74, 6) is -1.27. The van der Waals surface area contributed by atoms with E-state index in [1.54, 1.807) is 20.8 Å². The van der Waals surface area contributed by atoms with Crippen molar-refractivity contribution < 1.29 is 28.4 Å². The lowest BCUT2D eigenvalue weighted by atomic mass is 10.4. The summed E-state index contributed by atoms with van der Waals surface area (Å²) in [6.07, 6.45) is -0.910. The highest BCUT2D eigenvalue weighted by atomic mass is 16.9. The number of hydrogen-bond acceptors (Lipinski definition) is 6. The quantitative estimate of drug-likeness (QED) is 0.487. The molecule has 0 bridgehead atoms. The highest BCUT2D eigenvalue weighted by Gasteiger charge is 2.38.